The van der Waals surface area contributed by atoms with E-state index in [1.54, 1.807) is 0 Å². The summed E-state index contributed by atoms with van der Waals surface area (Å²) in [5.74, 6) is 0.813. The van der Waals surface area contributed by atoms with Gasteiger partial charge in [-0.15, -0.1) is 10.2 Å². The summed E-state index contributed by atoms with van der Waals surface area (Å²) in [6, 6.07) is 7.99. The topological polar surface area (TPSA) is 68.0 Å². The van der Waals surface area contributed by atoms with Gasteiger partial charge >= 0.3 is 0 Å². The molecule has 1 N–H and O–H groups in total. The maximum atomic E-state index is 12.2. The monoisotopic (exact) mass is 423 g/mol. The average molecular weight is 424 g/mol. The number of thioether (sulfide) groups is 1. The van der Waals surface area contributed by atoms with Gasteiger partial charge in [0.2, 0.25) is 11.8 Å². The molecule has 0 saturated heterocycles. The van der Waals surface area contributed by atoms with Gasteiger partial charge in [-0.1, -0.05) is 59.8 Å². The zero-order valence-electron chi connectivity index (χ0n) is 14.0. The number of hydrogen-bond donors (Lipinski definition) is 1. The van der Waals surface area contributed by atoms with E-state index in [-0.39, 0.29) is 5.91 Å². The lowest BCUT2D eigenvalue weighted by Gasteiger charge is -2.20. The molecule has 25 heavy (non-hydrogen) atoms. The number of hydrogen-bond acceptors (Lipinski definition) is 5. The Bertz CT molecular complexity index is 682. The van der Waals surface area contributed by atoms with Gasteiger partial charge in [0.1, 0.15) is 0 Å². The molecule has 1 aromatic carbocycles. The van der Waals surface area contributed by atoms with Crippen LogP contribution in [0.15, 0.2) is 38.4 Å². The predicted octanol–water partition coefficient (Wildman–Crippen LogP) is 4.82. The number of carbonyl (C=O) groups excluding carboxylic acids is 1. The van der Waals surface area contributed by atoms with E-state index in [2.05, 4.69) is 31.4 Å². The Hall–Kier alpha value is -1.34. The Balaban J connectivity index is 1.48. The molecule has 134 valence electrons. The highest BCUT2D eigenvalue weighted by Gasteiger charge is 2.16. The van der Waals surface area contributed by atoms with Crippen molar-refractivity contribution in [1.82, 2.24) is 15.5 Å². The lowest BCUT2D eigenvalue weighted by Crippen LogP contribution is -2.36. The number of aromatic nitrogens is 2. The quantitative estimate of drug-likeness (QED) is 0.697. The van der Waals surface area contributed by atoms with E-state index >= 15 is 0 Å². The van der Waals surface area contributed by atoms with Gasteiger partial charge in [0.15, 0.2) is 0 Å². The molecule has 1 aliphatic carbocycles. The Morgan fingerprint density at radius 3 is 2.52 bits per heavy atom. The van der Waals surface area contributed by atoms with Crippen molar-refractivity contribution >= 4 is 33.6 Å². The van der Waals surface area contributed by atoms with Gasteiger partial charge in [-0.2, -0.15) is 0 Å². The van der Waals surface area contributed by atoms with E-state index in [9.17, 15) is 4.79 Å². The summed E-state index contributed by atoms with van der Waals surface area (Å²) in [6.07, 6.45) is 8.48. The van der Waals surface area contributed by atoms with Gasteiger partial charge in [-0.05, 0) is 37.1 Å². The van der Waals surface area contributed by atoms with Gasteiger partial charge in [0.25, 0.3) is 5.22 Å². The number of carbonyl (C=O) groups is 1. The van der Waals surface area contributed by atoms with Crippen LogP contribution in [-0.4, -0.2) is 27.9 Å². The fourth-order valence-corrected chi connectivity index (χ4v) is 3.81. The molecule has 0 atom stereocenters. The van der Waals surface area contributed by atoms with Crippen molar-refractivity contribution in [2.24, 2.45) is 0 Å². The molecular weight excluding hydrogens is 402 g/mol. The summed E-state index contributed by atoms with van der Waals surface area (Å²) in [5.41, 5.74) is 0.863. The van der Waals surface area contributed by atoms with Crippen molar-refractivity contribution < 1.29 is 9.21 Å². The van der Waals surface area contributed by atoms with Crippen LogP contribution < -0.4 is 5.32 Å². The minimum Gasteiger partial charge on any atom is -0.411 e. The molecule has 2 aromatic rings. The molecule has 1 aromatic heterocycles. The molecule has 5 nitrogen and oxygen atoms in total. The number of benzene rings is 1. The van der Waals surface area contributed by atoms with Gasteiger partial charge in [-0.25, -0.2) is 0 Å². The van der Waals surface area contributed by atoms with Crippen LogP contribution in [0, 0.1) is 0 Å². The highest BCUT2D eigenvalue weighted by Crippen LogP contribution is 2.24. The van der Waals surface area contributed by atoms with Crippen LogP contribution >= 0.6 is 27.7 Å². The molecule has 0 radical (unpaired) electrons. The minimum absolute atomic E-state index is 0.0407. The molecule has 1 heterocycles. The Morgan fingerprint density at radius 1 is 1.12 bits per heavy atom. The first-order chi connectivity index (χ1) is 12.2. The van der Waals surface area contributed by atoms with Crippen LogP contribution in [0.4, 0.5) is 0 Å². The molecule has 3 rings (SSSR count). The molecule has 0 unspecified atom stereocenters. The molecule has 1 fully saturated rings. The van der Waals surface area contributed by atoms with Crippen molar-refractivity contribution in [2.75, 3.05) is 5.75 Å². The fourth-order valence-electron chi connectivity index (χ4n) is 2.97. The summed E-state index contributed by atoms with van der Waals surface area (Å²) in [5, 5.41) is 11.6. The summed E-state index contributed by atoms with van der Waals surface area (Å²) in [7, 11) is 0. The third kappa shape index (κ3) is 5.85. The van der Waals surface area contributed by atoms with Crippen LogP contribution in [0.2, 0.25) is 0 Å². The van der Waals surface area contributed by atoms with Gasteiger partial charge in [-0.3, -0.25) is 4.79 Å². The summed E-state index contributed by atoms with van der Waals surface area (Å²) >= 11 is 4.68. The van der Waals surface area contributed by atoms with Crippen LogP contribution in [0.3, 0.4) is 0 Å². The molecule has 1 aliphatic rings. The zero-order valence-corrected chi connectivity index (χ0v) is 16.4. The third-order valence-corrected chi connectivity index (χ3v) is 5.64. The van der Waals surface area contributed by atoms with Crippen LogP contribution in [0.5, 0.6) is 0 Å². The minimum atomic E-state index is 0.0407. The summed E-state index contributed by atoms with van der Waals surface area (Å²) < 4.78 is 6.63. The average Bonchev–Trinajstić information content (AvgIpc) is 3.05. The first kappa shape index (κ1) is 18.5. The van der Waals surface area contributed by atoms with Crippen LogP contribution in [-0.2, 0) is 4.79 Å². The molecular formula is C18H22BrN3O2S. The van der Waals surface area contributed by atoms with E-state index in [1.165, 1.54) is 43.9 Å². The third-order valence-electron chi connectivity index (χ3n) is 4.29. The van der Waals surface area contributed by atoms with Crippen LogP contribution in [0.25, 0.3) is 11.5 Å². The van der Waals surface area contributed by atoms with Gasteiger partial charge in [0.05, 0.1) is 5.75 Å². The second kappa shape index (κ2) is 9.38. The summed E-state index contributed by atoms with van der Waals surface area (Å²) in [6.45, 7) is 0. The predicted molar refractivity (Wildman–Crippen MR) is 102 cm³/mol. The first-order valence-corrected chi connectivity index (χ1v) is 10.5. The lowest BCUT2D eigenvalue weighted by molar-refractivity contribution is -0.119. The molecule has 0 aliphatic heterocycles. The standard InChI is InChI=1S/C18H22BrN3O2S/c19-14-10-8-13(9-11-14)17-21-22-18(24-17)25-12-16(23)20-15-6-4-2-1-3-5-7-15/h8-11,15H,1-7,12H2,(H,20,23). The zero-order chi connectivity index (χ0) is 17.5. The number of nitrogens with zero attached hydrogens (tertiary/aromatic N) is 2. The van der Waals surface area contributed by atoms with E-state index in [0.29, 0.717) is 22.9 Å². The van der Waals surface area contributed by atoms with Crippen molar-refractivity contribution in [3.8, 4) is 11.5 Å². The maximum Gasteiger partial charge on any atom is 0.277 e. The van der Waals surface area contributed by atoms with Crippen molar-refractivity contribution in [3.05, 3.63) is 28.7 Å². The van der Waals surface area contributed by atoms with E-state index < -0.39 is 0 Å². The second-order valence-corrected chi connectivity index (χ2v) is 8.12. The number of amides is 1. The lowest BCUT2D eigenvalue weighted by atomic mass is 9.97. The molecule has 1 amide bonds. The van der Waals surface area contributed by atoms with E-state index in [1.807, 2.05) is 24.3 Å². The van der Waals surface area contributed by atoms with Crippen molar-refractivity contribution in [3.63, 3.8) is 0 Å². The highest BCUT2D eigenvalue weighted by molar-refractivity contribution is 9.10. The number of halogens is 1. The molecule has 0 bridgehead atoms. The van der Waals surface area contributed by atoms with Crippen molar-refractivity contribution in [1.29, 1.82) is 0 Å². The highest BCUT2D eigenvalue weighted by atomic mass is 79.9. The van der Waals surface area contributed by atoms with E-state index in [0.717, 1.165) is 22.9 Å². The number of rotatable bonds is 5. The SMILES string of the molecule is O=C(CSc1nnc(-c2ccc(Br)cc2)o1)NC1CCCCCCC1. The fraction of sp³-hybridized carbons (Fsp3) is 0.500. The second-order valence-electron chi connectivity index (χ2n) is 6.28. The Labute approximate surface area is 160 Å². The van der Waals surface area contributed by atoms with Crippen molar-refractivity contribution in [2.45, 2.75) is 56.2 Å². The molecule has 0 spiro atoms. The smallest absolute Gasteiger partial charge is 0.277 e. The molecule has 1 saturated carbocycles. The largest absolute Gasteiger partial charge is 0.411 e. The van der Waals surface area contributed by atoms with Crippen LogP contribution in [0.1, 0.15) is 44.9 Å². The van der Waals surface area contributed by atoms with Gasteiger partial charge in [0, 0.05) is 16.1 Å². The first-order valence-electron chi connectivity index (χ1n) is 8.72. The Morgan fingerprint density at radius 2 is 1.80 bits per heavy atom. The number of nitrogens with one attached hydrogen (secondary N) is 1. The van der Waals surface area contributed by atoms with E-state index in [4.69, 9.17) is 4.42 Å². The van der Waals surface area contributed by atoms with Gasteiger partial charge < -0.3 is 9.73 Å². The Kier molecular flexibility index (Phi) is 6.93. The maximum absolute atomic E-state index is 12.2. The summed E-state index contributed by atoms with van der Waals surface area (Å²) in [4.78, 5) is 12.2. The molecule has 7 heteroatoms. The normalized spacial score (nSPS) is 16.2.